The Morgan fingerprint density at radius 2 is 2.06 bits per heavy atom. The fourth-order valence-corrected chi connectivity index (χ4v) is 1.75. The van der Waals surface area contributed by atoms with E-state index in [2.05, 4.69) is 10.2 Å². The maximum absolute atomic E-state index is 5.73. The number of rotatable bonds is 3. The topological polar surface area (TPSA) is 55.0 Å². The minimum Gasteiger partial charge on any atom is -0.328 e. The molecule has 0 amide bonds. The van der Waals surface area contributed by atoms with Crippen LogP contribution in [0.3, 0.4) is 0 Å². The number of nitrogens with zero attached hydrogens (tertiary/aromatic N) is 3. The van der Waals surface area contributed by atoms with Gasteiger partial charge in [-0.1, -0.05) is 18.2 Å². The second-order valence-corrected chi connectivity index (χ2v) is 3.98. The van der Waals surface area contributed by atoms with Crippen molar-refractivity contribution >= 4 is 11.5 Å². The van der Waals surface area contributed by atoms with E-state index >= 15 is 0 Å². The largest absolute Gasteiger partial charge is 0.328 e. The van der Waals surface area contributed by atoms with Crippen LogP contribution in [0.1, 0.15) is 11.1 Å². The molecule has 0 spiro atoms. The number of hydrogen-bond acceptors (Lipinski definition) is 4. The molecule has 0 aliphatic carbocycles. The van der Waals surface area contributed by atoms with Crippen LogP contribution in [0.5, 0.6) is 0 Å². The Bertz CT molecular complexity index is 510. The lowest BCUT2D eigenvalue weighted by Crippen LogP contribution is -2.15. The van der Waals surface area contributed by atoms with Crippen LogP contribution in [0.2, 0.25) is 0 Å². The van der Waals surface area contributed by atoms with Crippen LogP contribution in [-0.4, -0.2) is 17.2 Å². The van der Waals surface area contributed by atoms with Crippen LogP contribution in [0.4, 0.5) is 11.5 Å². The SMILES string of the molecule is Cc1cnnc(N(C)c2ccccc2CN)c1. The molecule has 0 saturated heterocycles. The molecular formula is C13H16N4. The Morgan fingerprint density at radius 3 is 2.76 bits per heavy atom. The van der Waals surface area contributed by atoms with E-state index in [1.807, 2.05) is 49.2 Å². The third kappa shape index (κ3) is 2.42. The van der Waals surface area contributed by atoms with Crippen LogP contribution in [0, 0.1) is 6.92 Å². The van der Waals surface area contributed by atoms with E-state index in [-0.39, 0.29) is 0 Å². The number of anilines is 2. The van der Waals surface area contributed by atoms with Crippen LogP contribution >= 0.6 is 0 Å². The highest BCUT2D eigenvalue weighted by molar-refractivity contribution is 5.63. The fourth-order valence-electron chi connectivity index (χ4n) is 1.75. The maximum atomic E-state index is 5.73. The Labute approximate surface area is 101 Å². The van der Waals surface area contributed by atoms with Gasteiger partial charge in [-0.25, -0.2) is 0 Å². The van der Waals surface area contributed by atoms with Gasteiger partial charge in [0, 0.05) is 19.3 Å². The van der Waals surface area contributed by atoms with Crippen molar-refractivity contribution in [3.8, 4) is 0 Å². The molecule has 1 heterocycles. The van der Waals surface area contributed by atoms with Gasteiger partial charge in [0.05, 0.1) is 6.20 Å². The molecule has 0 aliphatic heterocycles. The van der Waals surface area contributed by atoms with Crippen LogP contribution < -0.4 is 10.6 Å². The first-order valence-electron chi connectivity index (χ1n) is 5.53. The van der Waals surface area contributed by atoms with Gasteiger partial charge in [-0.3, -0.25) is 0 Å². The molecule has 0 aliphatic rings. The van der Waals surface area contributed by atoms with Crippen molar-refractivity contribution in [2.45, 2.75) is 13.5 Å². The summed E-state index contributed by atoms with van der Waals surface area (Å²) in [6, 6.07) is 10.0. The molecule has 1 aromatic heterocycles. The van der Waals surface area contributed by atoms with Crippen molar-refractivity contribution in [3.05, 3.63) is 47.7 Å². The molecule has 4 nitrogen and oxygen atoms in total. The number of benzene rings is 1. The zero-order valence-electron chi connectivity index (χ0n) is 10.1. The van der Waals surface area contributed by atoms with Gasteiger partial charge in [-0.2, -0.15) is 5.10 Å². The molecule has 4 heteroatoms. The van der Waals surface area contributed by atoms with Gasteiger partial charge in [0.15, 0.2) is 5.82 Å². The molecule has 0 atom stereocenters. The molecule has 2 aromatic rings. The van der Waals surface area contributed by atoms with Gasteiger partial charge < -0.3 is 10.6 Å². The third-order valence-electron chi connectivity index (χ3n) is 2.69. The summed E-state index contributed by atoms with van der Waals surface area (Å²) >= 11 is 0. The molecule has 0 radical (unpaired) electrons. The average molecular weight is 228 g/mol. The number of para-hydroxylation sites is 1. The van der Waals surface area contributed by atoms with Gasteiger partial charge >= 0.3 is 0 Å². The second kappa shape index (κ2) is 4.93. The molecule has 0 fully saturated rings. The summed E-state index contributed by atoms with van der Waals surface area (Å²) in [5.74, 6) is 0.825. The average Bonchev–Trinajstić information content (AvgIpc) is 2.38. The van der Waals surface area contributed by atoms with Crippen molar-refractivity contribution < 1.29 is 0 Å². The Morgan fingerprint density at radius 1 is 1.29 bits per heavy atom. The van der Waals surface area contributed by atoms with E-state index in [4.69, 9.17) is 5.73 Å². The molecule has 2 N–H and O–H groups in total. The summed E-state index contributed by atoms with van der Waals surface area (Å²) in [5, 5.41) is 8.09. The summed E-state index contributed by atoms with van der Waals surface area (Å²) in [5.41, 5.74) is 8.98. The lowest BCUT2D eigenvalue weighted by Gasteiger charge is -2.20. The van der Waals surface area contributed by atoms with Crippen LogP contribution in [-0.2, 0) is 6.54 Å². The minimum atomic E-state index is 0.514. The zero-order valence-corrected chi connectivity index (χ0v) is 10.1. The molecule has 88 valence electrons. The highest BCUT2D eigenvalue weighted by atomic mass is 15.2. The quantitative estimate of drug-likeness (QED) is 0.873. The van der Waals surface area contributed by atoms with Gasteiger partial charge in [-0.15, -0.1) is 5.10 Å². The van der Waals surface area contributed by atoms with E-state index in [1.165, 1.54) is 0 Å². The number of aromatic nitrogens is 2. The molecule has 0 bridgehead atoms. The van der Waals surface area contributed by atoms with Gasteiger partial charge in [0.1, 0.15) is 0 Å². The normalized spacial score (nSPS) is 10.3. The highest BCUT2D eigenvalue weighted by Crippen LogP contribution is 2.25. The highest BCUT2D eigenvalue weighted by Gasteiger charge is 2.09. The third-order valence-corrected chi connectivity index (χ3v) is 2.69. The van der Waals surface area contributed by atoms with Crippen LogP contribution in [0.15, 0.2) is 36.5 Å². The molecule has 2 rings (SSSR count). The minimum absolute atomic E-state index is 0.514. The number of hydrogen-bond donors (Lipinski definition) is 1. The molecule has 0 saturated carbocycles. The van der Waals surface area contributed by atoms with Gasteiger partial charge in [0.2, 0.25) is 0 Å². The fraction of sp³-hybridized carbons (Fsp3) is 0.231. The standard InChI is InChI=1S/C13H16N4/c1-10-7-13(16-15-9-10)17(2)12-6-4-3-5-11(12)8-14/h3-7,9H,8,14H2,1-2H3. The van der Waals surface area contributed by atoms with Crippen molar-refractivity contribution in [2.24, 2.45) is 5.73 Å². The monoisotopic (exact) mass is 228 g/mol. The Balaban J connectivity index is 2.40. The van der Waals surface area contributed by atoms with Crippen molar-refractivity contribution in [3.63, 3.8) is 0 Å². The summed E-state index contributed by atoms with van der Waals surface area (Å²) in [7, 11) is 1.97. The summed E-state index contributed by atoms with van der Waals surface area (Å²) in [6.07, 6.45) is 1.74. The van der Waals surface area contributed by atoms with Crippen LogP contribution in [0.25, 0.3) is 0 Å². The number of nitrogens with two attached hydrogens (primary N) is 1. The van der Waals surface area contributed by atoms with E-state index in [9.17, 15) is 0 Å². The molecule has 0 unspecified atom stereocenters. The van der Waals surface area contributed by atoms with Gasteiger partial charge in [-0.05, 0) is 30.2 Å². The Kier molecular flexibility index (Phi) is 3.35. The first-order valence-corrected chi connectivity index (χ1v) is 5.53. The first-order chi connectivity index (χ1) is 8.22. The molecule has 17 heavy (non-hydrogen) atoms. The Hall–Kier alpha value is -1.94. The summed E-state index contributed by atoms with van der Waals surface area (Å²) in [6.45, 7) is 2.51. The molecule has 1 aromatic carbocycles. The van der Waals surface area contributed by atoms with E-state index in [0.29, 0.717) is 6.54 Å². The maximum Gasteiger partial charge on any atom is 0.155 e. The number of aryl methyl sites for hydroxylation is 1. The molecular weight excluding hydrogens is 212 g/mol. The van der Waals surface area contributed by atoms with Gasteiger partial charge in [0.25, 0.3) is 0 Å². The summed E-state index contributed by atoms with van der Waals surface area (Å²) < 4.78 is 0. The lowest BCUT2D eigenvalue weighted by atomic mass is 10.1. The van der Waals surface area contributed by atoms with Crippen molar-refractivity contribution in [1.82, 2.24) is 10.2 Å². The zero-order chi connectivity index (χ0) is 12.3. The lowest BCUT2D eigenvalue weighted by molar-refractivity contribution is 0.963. The van der Waals surface area contributed by atoms with E-state index in [1.54, 1.807) is 6.20 Å². The predicted molar refractivity (Wildman–Crippen MR) is 69.2 cm³/mol. The summed E-state index contributed by atoms with van der Waals surface area (Å²) in [4.78, 5) is 2.00. The van der Waals surface area contributed by atoms with Crippen molar-refractivity contribution in [2.75, 3.05) is 11.9 Å². The van der Waals surface area contributed by atoms with E-state index < -0.39 is 0 Å². The second-order valence-electron chi connectivity index (χ2n) is 3.98. The van der Waals surface area contributed by atoms with Crippen molar-refractivity contribution in [1.29, 1.82) is 0 Å². The first kappa shape index (κ1) is 11.5. The van der Waals surface area contributed by atoms with E-state index in [0.717, 1.165) is 22.6 Å². The predicted octanol–water partition coefficient (Wildman–Crippen LogP) is 2.01. The smallest absolute Gasteiger partial charge is 0.155 e.